The Labute approximate surface area is 153 Å². The summed E-state index contributed by atoms with van der Waals surface area (Å²) in [6.45, 7) is 1.71. The minimum Gasteiger partial charge on any atom is -0.321 e. The molecule has 0 spiro atoms. The van der Waals surface area contributed by atoms with E-state index in [1.165, 1.54) is 37.2 Å². The third kappa shape index (κ3) is 4.20. The number of rotatable bonds is 5. The van der Waals surface area contributed by atoms with E-state index in [4.69, 9.17) is 0 Å². The quantitative estimate of drug-likeness (QED) is 0.867. The summed E-state index contributed by atoms with van der Waals surface area (Å²) in [6, 6.07) is 11.3. The molecular formula is C18H22FN3O3S. The van der Waals surface area contributed by atoms with Gasteiger partial charge in [-0.3, -0.25) is 0 Å². The Balaban J connectivity index is 2.18. The van der Waals surface area contributed by atoms with E-state index in [2.05, 4.69) is 5.32 Å². The molecule has 0 aliphatic rings. The van der Waals surface area contributed by atoms with Crippen molar-refractivity contribution in [3.05, 3.63) is 59.9 Å². The van der Waals surface area contributed by atoms with E-state index < -0.39 is 27.9 Å². The third-order valence-corrected chi connectivity index (χ3v) is 5.93. The zero-order valence-corrected chi connectivity index (χ0v) is 15.9. The maximum Gasteiger partial charge on any atom is 0.322 e. The predicted octanol–water partition coefficient (Wildman–Crippen LogP) is 3.30. The van der Waals surface area contributed by atoms with E-state index in [1.807, 2.05) is 0 Å². The number of urea groups is 1. The molecule has 0 fully saturated rings. The fourth-order valence-electron chi connectivity index (χ4n) is 2.36. The SMILES string of the molecule is CC(c1ccccc1F)N(C)C(=O)Nc1cccc(S(=O)(=O)N(C)C)c1. The summed E-state index contributed by atoms with van der Waals surface area (Å²) >= 11 is 0. The molecule has 8 heteroatoms. The highest BCUT2D eigenvalue weighted by atomic mass is 32.2. The number of carbonyl (C=O) groups is 1. The topological polar surface area (TPSA) is 69.7 Å². The molecule has 1 atom stereocenters. The molecule has 0 saturated heterocycles. The van der Waals surface area contributed by atoms with Crippen molar-refractivity contribution in [1.29, 1.82) is 0 Å². The van der Waals surface area contributed by atoms with Crippen molar-refractivity contribution >= 4 is 21.7 Å². The Kier molecular flexibility index (Phi) is 5.99. The van der Waals surface area contributed by atoms with Crippen molar-refractivity contribution in [2.75, 3.05) is 26.5 Å². The fourth-order valence-corrected chi connectivity index (χ4v) is 3.30. The van der Waals surface area contributed by atoms with Gasteiger partial charge in [0.15, 0.2) is 0 Å². The molecular weight excluding hydrogens is 357 g/mol. The van der Waals surface area contributed by atoms with Crippen molar-refractivity contribution in [3.8, 4) is 0 Å². The van der Waals surface area contributed by atoms with Crippen molar-refractivity contribution in [2.45, 2.75) is 17.9 Å². The number of anilines is 1. The monoisotopic (exact) mass is 379 g/mol. The minimum absolute atomic E-state index is 0.0742. The van der Waals surface area contributed by atoms with E-state index in [-0.39, 0.29) is 4.90 Å². The van der Waals surface area contributed by atoms with Gasteiger partial charge in [-0.25, -0.2) is 21.9 Å². The van der Waals surface area contributed by atoms with Crippen LogP contribution in [0.2, 0.25) is 0 Å². The Morgan fingerprint density at radius 2 is 1.73 bits per heavy atom. The summed E-state index contributed by atoms with van der Waals surface area (Å²) in [5, 5.41) is 2.64. The van der Waals surface area contributed by atoms with Gasteiger partial charge in [-0.1, -0.05) is 24.3 Å². The Morgan fingerprint density at radius 1 is 1.08 bits per heavy atom. The smallest absolute Gasteiger partial charge is 0.321 e. The zero-order chi connectivity index (χ0) is 19.5. The average Bonchev–Trinajstić information content (AvgIpc) is 2.61. The van der Waals surface area contributed by atoms with E-state index in [0.29, 0.717) is 11.3 Å². The van der Waals surface area contributed by atoms with Gasteiger partial charge in [0.05, 0.1) is 10.9 Å². The van der Waals surface area contributed by atoms with Crippen LogP contribution in [0.1, 0.15) is 18.5 Å². The number of nitrogens with one attached hydrogen (secondary N) is 1. The first kappa shape index (κ1) is 19.9. The van der Waals surface area contributed by atoms with Crippen molar-refractivity contribution in [1.82, 2.24) is 9.21 Å². The van der Waals surface area contributed by atoms with E-state index in [0.717, 1.165) is 4.31 Å². The summed E-state index contributed by atoms with van der Waals surface area (Å²) in [7, 11) is 0.817. The summed E-state index contributed by atoms with van der Waals surface area (Å²) < 4.78 is 39.4. The molecule has 1 N–H and O–H groups in total. The molecule has 0 radical (unpaired) electrons. The lowest BCUT2D eigenvalue weighted by atomic mass is 10.1. The molecule has 140 valence electrons. The number of benzene rings is 2. The molecule has 0 aromatic heterocycles. The van der Waals surface area contributed by atoms with Gasteiger partial charge < -0.3 is 10.2 Å². The average molecular weight is 379 g/mol. The number of sulfonamides is 1. The number of hydrogen-bond donors (Lipinski definition) is 1. The molecule has 0 aliphatic carbocycles. The van der Waals surface area contributed by atoms with E-state index >= 15 is 0 Å². The molecule has 6 nitrogen and oxygen atoms in total. The van der Waals surface area contributed by atoms with Gasteiger partial charge in [-0.15, -0.1) is 0 Å². The van der Waals surface area contributed by atoms with E-state index in [1.54, 1.807) is 44.3 Å². The van der Waals surface area contributed by atoms with Crippen LogP contribution in [0, 0.1) is 5.82 Å². The number of halogens is 1. The summed E-state index contributed by atoms with van der Waals surface area (Å²) in [5.74, 6) is -0.390. The van der Waals surface area contributed by atoms with Crippen LogP contribution in [0.15, 0.2) is 53.4 Å². The number of carbonyl (C=O) groups excluding carboxylic acids is 1. The molecule has 2 aromatic carbocycles. The summed E-state index contributed by atoms with van der Waals surface area (Å²) in [6.07, 6.45) is 0. The van der Waals surface area contributed by atoms with Crippen LogP contribution in [0.3, 0.4) is 0 Å². The standard InChI is InChI=1S/C18H22FN3O3S/c1-13(16-10-5-6-11-17(16)19)22(4)18(23)20-14-8-7-9-15(12-14)26(24,25)21(2)3/h5-13H,1-4H3,(H,20,23). The second-order valence-electron chi connectivity index (χ2n) is 6.05. The molecule has 0 saturated carbocycles. The molecule has 1 unspecified atom stereocenters. The molecule has 26 heavy (non-hydrogen) atoms. The lowest BCUT2D eigenvalue weighted by Crippen LogP contribution is -2.34. The lowest BCUT2D eigenvalue weighted by Gasteiger charge is -2.26. The van der Waals surface area contributed by atoms with Gasteiger partial charge in [0.2, 0.25) is 10.0 Å². The van der Waals surface area contributed by atoms with Gasteiger partial charge in [-0.2, -0.15) is 0 Å². The number of hydrogen-bond acceptors (Lipinski definition) is 3. The highest BCUT2D eigenvalue weighted by Gasteiger charge is 2.21. The van der Waals surface area contributed by atoms with Crippen LogP contribution in [0.5, 0.6) is 0 Å². The summed E-state index contributed by atoms with van der Waals surface area (Å²) in [5.41, 5.74) is 0.736. The molecule has 0 heterocycles. The maximum absolute atomic E-state index is 13.9. The zero-order valence-electron chi connectivity index (χ0n) is 15.1. The molecule has 2 amide bonds. The van der Waals surface area contributed by atoms with Gasteiger partial charge in [0.1, 0.15) is 5.82 Å². The number of nitrogens with zero attached hydrogens (tertiary/aromatic N) is 2. The minimum atomic E-state index is -3.60. The maximum atomic E-state index is 13.9. The van der Waals surface area contributed by atoms with Crippen molar-refractivity contribution < 1.29 is 17.6 Å². The van der Waals surface area contributed by atoms with Crippen LogP contribution in [-0.2, 0) is 10.0 Å². The third-order valence-electron chi connectivity index (χ3n) is 4.12. The van der Waals surface area contributed by atoms with Gasteiger partial charge >= 0.3 is 6.03 Å². The van der Waals surface area contributed by atoms with Crippen LogP contribution in [0.25, 0.3) is 0 Å². The Bertz CT molecular complexity index is 900. The van der Waals surface area contributed by atoms with Crippen molar-refractivity contribution in [2.24, 2.45) is 0 Å². The first-order chi connectivity index (χ1) is 12.1. The van der Waals surface area contributed by atoms with Crippen LogP contribution >= 0.6 is 0 Å². The first-order valence-electron chi connectivity index (χ1n) is 7.95. The normalized spacial score (nSPS) is 12.7. The fraction of sp³-hybridized carbons (Fsp3) is 0.278. The highest BCUT2D eigenvalue weighted by Crippen LogP contribution is 2.23. The molecule has 2 aromatic rings. The van der Waals surface area contributed by atoms with Gasteiger partial charge in [0.25, 0.3) is 0 Å². The van der Waals surface area contributed by atoms with Gasteiger partial charge in [0, 0.05) is 32.4 Å². The number of amides is 2. The molecule has 0 aliphatic heterocycles. The molecule has 0 bridgehead atoms. The second-order valence-corrected chi connectivity index (χ2v) is 8.21. The van der Waals surface area contributed by atoms with Crippen LogP contribution in [-0.4, -0.2) is 44.8 Å². The lowest BCUT2D eigenvalue weighted by molar-refractivity contribution is 0.207. The highest BCUT2D eigenvalue weighted by molar-refractivity contribution is 7.89. The Hall–Kier alpha value is -2.45. The first-order valence-corrected chi connectivity index (χ1v) is 9.39. The van der Waals surface area contributed by atoms with Gasteiger partial charge in [-0.05, 0) is 31.2 Å². The second kappa shape index (κ2) is 7.84. The predicted molar refractivity (Wildman–Crippen MR) is 98.9 cm³/mol. The van der Waals surface area contributed by atoms with E-state index in [9.17, 15) is 17.6 Å². The van der Waals surface area contributed by atoms with Crippen LogP contribution in [0.4, 0.5) is 14.9 Å². The largest absolute Gasteiger partial charge is 0.322 e. The Morgan fingerprint density at radius 3 is 2.35 bits per heavy atom. The summed E-state index contributed by atoms with van der Waals surface area (Å²) in [4.78, 5) is 13.9. The molecule has 2 rings (SSSR count). The van der Waals surface area contributed by atoms with Crippen molar-refractivity contribution in [3.63, 3.8) is 0 Å². The van der Waals surface area contributed by atoms with Crippen LogP contribution < -0.4 is 5.32 Å².